The molecule has 0 fully saturated rings. The van der Waals surface area contributed by atoms with Crippen molar-refractivity contribution in [1.29, 1.82) is 0 Å². The Morgan fingerprint density at radius 2 is 2.00 bits per heavy atom. The van der Waals surface area contributed by atoms with E-state index in [2.05, 4.69) is 18.8 Å². The highest BCUT2D eigenvalue weighted by Gasteiger charge is 2.20. The molecular weight excluding hydrogens is 186 g/mol. The molecule has 3 heteroatoms. The highest BCUT2D eigenvalue weighted by atomic mass is 14.9. The molecule has 0 aliphatic carbocycles. The first-order chi connectivity index (χ1) is 7.17. The van der Waals surface area contributed by atoms with Gasteiger partial charge in [0, 0.05) is 18.1 Å². The lowest BCUT2D eigenvalue weighted by molar-refractivity contribution is 0.371. The number of unbranched alkanes of at least 4 members (excludes halogenated alkanes) is 2. The monoisotopic (exact) mass is 213 g/mol. The van der Waals surface area contributed by atoms with Gasteiger partial charge in [-0.15, -0.1) is 6.58 Å². The minimum Gasteiger partial charge on any atom is -0.326 e. The third-order valence-electron chi connectivity index (χ3n) is 2.89. The first-order valence-electron chi connectivity index (χ1n) is 5.96. The molecule has 0 aromatic heterocycles. The summed E-state index contributed by atoms with van der Waals surface area (Å²) in [4.78, 5) is 0. The Balaban J connectivity index is 3.96. The maximum atomic E-state index is 6.11. The molecule has 0 rings (SSSR count). The Kier molecular flexibility index (Phi) is 8.67. The number of likely N-dealkylation sites (N-methyl/N-ethyl adjacent to an activating group) is 1. The second-order valence-corrected chi connectivity index (χ2v) is 4.16. The summed E-state index contributed by atoms with van der Waals surface area (Å²) in [6, 6.07) is 0.359. The standard InChI is InChI=1S/C12H27N3/c1-4-6-7-9-11(15-3)12(14)10(13)8-5-2/h5,10-12,15H,2,4,6-9,13-14H2,1,3H3/t10?,11?,12-/m1/s1. The molecule has 0 spiro atoms. The van der Waals surface area contributed by atoms with Gasteiger partial charge < -0.3 is 16.8 Å². The number of hydrogen-bond donors (Lipinski definition) is 3. The lowest BCUT2D eigenvalue weighted by Gasteiger charge is -2.28. The van der Waals surface area contributed by atoms with Crippen LogP contribution in [-0.2, 0) is 0 Å². The van der Waals surface area contributed by atoms with Gasteiger partial charge in [0.15, 0.2) is 0 Å². The van der Waals surface area contributed by atoms with Crippen LogP contribution in [0.25, 0.3) is 0 Å². The van der Waals surface area contributed by atoms with Gasteiger partial charge in [-0.25, -0.2) is 0 Å². The van der Waals surface area contributed by atoms with Crippen molar-refractivity contribution in [1.82, 2.24) is 5.32 Å². The third kappa shape index (κ3) is 5.92. The molecule has 3 nitrogen and oxygen atoms in total. The molecule has 0 bridgehead atoms. The van der Waals surface area contributed by atoms with E-state index in [1.165, 1.54) is 19.3 Å². The Labute approximate surface area is 94.3 Å². The predicted octanol–water partition coefficient (Wildman–Crippen LogP) is 1.39. The summed E-state index contributed by atoms with van der Waals surface area (Å²) in [6.45, 7) is 5.89. The van der Waals surface area contributed by atoms with Crippen LogP contribution in [-0.4, -0.2) is 25.2 Å². The normalized spacial score (nSPS) is 17.1. The molecule has 0 amide bonds. The molecule has 0 radical (unpaired) electrons. The SMILES string of the molecule is C=CCC(N)[C@@H](N)C(CCCCC)NC. The molecule has 0 saturated carbocycles. The van der Waals surface area contributed by atoms with E-state index in [1.807, 2.05) is 13.1 Å². The summed E-state index contributed by atoms with van der Waals surface area (Å²) in [5, 5.41) is 3.26. The summed E-state index contributed by atoms with van der Waals surface area (Å²) < 4.78 is 0. The van der Waals surface area contributed by atoms with Crippen LogP contribution >= 0.6 is 0 Å². The third-order valence-corrected chi connectivity index (χ3v) is 2.89. The van der Waals surface area contributed by atoms with Crippen LogP contribution in [0.2, 0.25) is 0 Å². The summed E-state index contributed by atoms with van der Waals surface area (Å²) in [6.07, 6.45) is 7.45. The van der Waals surface area contributed by atoms with Crippen molar-refractivity contribution in [3.05, 3.63) is 12.7 Å². The van der Waals surface area contributed by atoms with Crippen molar-refractivity contribution in [2.45, 2.75) is 57.2 Å². The van der Waals surface area contributed by atoms with E-state index in [1.54, 1.807) is 0 Å². The van der Waals surface area contributed by atoms with Crippen molar-refractivity contribution in [2.75, 3.05) is 7.05 Å². The fourth-order valence-corrected chi connectivity index (χ4v) is 1.79. The van der Waals surface area contributed by atoms with Gasteiger partial charge >= 0.3 is 0 Å². The fraction of sp³-hybridized carbons (Fsp3) is 0.833. The molecule has 0 aliphatic rings. The number of nitrogens with one attached hydrogen (secondary N) is 1. The van der Waals surface area contributed by atoms with Crippen molar-refractivity contribution < 1.29 is 0 Å². The van der Waals surface area contributed by atoms with Gasteiger partial charge in [0.25, 0.3) is 0 Å². The molecular formula is C12H27N3. The molecule has 5 N–H and O–H groups in total. The maximum absolute atomic E-state index is 6.11. The van der Waals surface area contributed by atoms with Crippen LogP contribution in [0.15, 0.2) is 12.7 Å². The summed E-state index contributed by atoms with van der Waals surface area (Å²) >= 11 is 0. The molecule has 0 saturated heterocycles. The van der Waals surface area contributed by atoms with E-state index < -0.39 is 0 Å². The van der Waals surface area contributed by atoms with Gasteiger partial charge in [0.05, 0.1) is 0 Å². The Bertz CT molecular complexity index is 159. The van der Waals surface area contributed by atoms with Gasteiger partial charge in [-0.2, -0.15) is 0 Å². The van der Waals surface area contributed by atoms with E-state index >= 15 is 0 Å². The molecule has 15 heavy (non-hydrogen) atoms. The van der Waals surface area contributed by atoms with Crippen LogP contribution in [0, 0.1) is 0 Å². The zero-order chi connectivity index (χ0) is 11.7. The van der Waals surface area contributed by atoms with Crippen LogP contribution in [0.4, 0.5) is 0 Å². The first-order valence-corrected chi connectivity index (χ1v) is 5.96. The second-order valence-electron chi connectivity index (χ2n) is 4.16. The minimum atomic E-state index is 0.0153. The molecule has 2 unspecified atom stereocenters. The second kappa shape index (κ2) is 8.89. The van der Waals surface area contributed by atoms with Crippen molar-refractivity contribution in [3.63, 3.8) is 0 Å². The van der Waals surface area contributed by atoms with Crippen LogP contribution in [0.1, 0.15) is 39.0 Å². The molecule has 0 heterocycles. The zero-order valence-electron chi connectivity index (χ0n) is 10.2. The van der Waals surface area contributed by atoms with Crippen molar-refractivity contribution >= 4 is 0 Å². The number of nitrogens with two attached hydrogens (primary N) is 2. The lowest BCUT2D eigenvalue weighted by atomic mass is 9.94. The maximum Gasteiger partial charge on any atom is 0.0351 e. The van der Waals surface area contributed by atoms with E-state index in [4.69, 9.17) is 11.5 Å². The predicted molar refractivity (Wildman–Crippen MR) is 67.8 cm³/mol. The average Bonchev–Trinajstić information content (AvgIpc) is 2.24. The number of hydrogen-bond acceptors (Lipinski definition) is 3. The molecule has 90 valence electrons. The van der Waals surface area contributed by atoms with Crippen molar-refractivity contribution in [2.24, 2.45) is 11.5 Å². The topological polar surface area (TPSA) is 64.1 Å². The fourth-order valence-electron chi connectivity index (χ4n) is 1.79. The van der Waals surface area contributed by atoms with Crippen LogP contribution in [0.3, 0.4) is 0 Å². The summed E-state index contributed by atoms with van der Waals surface area (Å²) in [5.74, 6) is 0. The lowest BCUT2D eigenvalue weighted by Crippen LogP contribution is -2.53. The van der Waals surface area contributed by atoms with Crippen LogP contribution < -0.4 is 16.8 Å². The van der Waals surface area contributed by atoms with Gasteiger partial charge in [0.2, 0.25) is 0 Å². The molecule has 0 aliphatic heterocycles. The quantitative estimate of drug-likeness (QED) is 0.400. The minimum absolute atomic E-state index is 0.0153. The Morgan fingerprint density at radius 3 is 2.47 bits per heavy atom. The number of rotatable bonds is 9. The van der Waals surface area contributed by atoms with Crippen LogP contribution in [0.5, 0.6) is 0 Å². The van der Waals surface area contributed by atoms with Gasteiger partial charge in [-0.1, -0.05) is 32.3 Å². The largest absolute Gasteiger partial charge is 0.326 e. The smallest absolute Gasteiger partial charge is 0.0351 e. The van der Waals surface area contributed by atoms with Gasteiger partial charge in [0.1, 0.15) is 0 Å². The van der Waals surface area contributed by atoms with Gasteiger partial charge in [-0.3, -0.25) is 0 Å². The Morgan fingerprint density at radius 1 is 1.33 bits per heavy atom. The van der Waals surface area contributed by atoms with E-state index in [-0.39, 0.29) is 12.1 Å². The molecule has 0 aromatic carbocycles. The van der Waals surface area contributed by atoms with Gasteiger partial charge in [-0.05, 0) is 19.9 Å². The van der Waals surface area contributed by atoms with E-state index in [0.717, 1.165) is 12.8 Å². The van der Waals surface area contributed by atoms with E-state index in [9.17, 15) is 0 Å². The van der Waals surface area contributed by atoms with Crippen molar-refractivity contribution in [3.8, 4) is 0 Å². The molecule has 0 aromatic rings. The highest BCUT2D eigenvalue weighted by Crippen LogP contribution is 2.08. The first kappa shape index (κ1) is 14.6. The molecule has 3 atom stereocenters. The Hall–Kier alpha value is -0.380. The summed E-state index contributed by atoms with van der Waals surface area (Å²) in [5.41, 5.74) is 12.1. The average molecular weight is 213 g/mol. The highest BCUT2D eigenvalue weighted by molar-refractivity contribution is 4.90. The van der Waals surface area contributed by atoms with E-state index in [0.29, 0.717) is 6.04 Å². The summed E-state index contributed by atoms with van der Waals surface area (Å²) in [7, 11) is 1.96. The zero-order valence-corrected chi connectivity index (χ0v) is 10.2.